The van der Waals surface area contributed by atoms with Crippen LogP contribution in [-0.4, -0.2) is 42.4 Å². The molecule has 0 unspecified atom stereocenters. The molecule has 2 aromatic heterocycles. The second-order valence-electron chi connectivity index (χ2n) is 3.31. The molecule has 2 N–H and O–H groups in total. The molecule has 0 bridgehead atoms. The van der Waals surface area contributed by atoms with E-state index in [0.29, 0.717) is 11.6 Å². The Morgan fingerprint density at radius 1 is 1.41 bits per heavy atom. The second-order valence-corrected chi connectivity index (χ2v) is 3.31. The van der Waals surface area contributed by atoms with Gasteiger partial charge in [-0.1, -0.05) is 0 Å². The zero-order valence-corrected chi connectivity index (χ0v) is 9.06. The molecule has 0 aliphatic rings. The lowest BCUT2D eigenvalue weighted by molar-refractivity contribution is 0.294. The van der Waals surface area contributed by atoms with E-state index in [0.717, 1.165) is 0 Å². The van der Waals surface area contributed by atoms with E-state index in [1.54, 1.807) is 7.05 Å². The lowest BCUT2D eigenvalue weighted by Gasteiger charge is -2.04. The predicted octanol–water partition coefficient (Wildman–Crippen LogP) is -2.14. The first-order valence-electron chi connectivity index (χ1n) is 4.82. The Hall–Kier alpha value is -2.00. The summed E-state index contributed by atoms with van der Waals surface area (Å²) in [6.45, 7) is 0.139. The Morgan fingerprint density at radius 2 is 2.24 bits per heavy atom. The van der Waals surface area contributed by atoms with E-state index in [4.69, 9.17) is 14.8 Å². The Morgan fingerprint density at radius 3 is 2.88 bits per heavy atom. The smallest absolute Gasteiger partial charge is 0.484 e. The minimum absolute atomic E-state index is 0.139. The van der Waals surface area contributed by atoms with Gasteiger partial charge in [0.25, 0.3) is 0 Å². The fraction of sp³-hybridized carbons (Fsp3) is 0.250. The molecule has 0 spiro atoms. The van der Waals surface area contributed by atoms with Gasteiger partial charge in [-0.05, 0) is 11.3 Å². The molecule has 0 atom stereocenters. The van der Waals surface area contributed by atoms with E-state index >= 15 is 0 Å². The molecule has 8 nitrogen and oxygen atoms in total. The van der Waals surface area contributed by atoms with Gasteiger partial charge < -0.3 is 14.8 Å². The van der Waals surface area contributed by atoms with E-state index in [1.165, 1.54) is 23.3 Å². The molecular formula is C8H10BN5O3. The molecule has 0 aliphatic carbocycles. The van der Waals surface area contributed by atoms with Gasteiger partial charge in [0.05, 0.1) is 13.2 Å². The summed E-state index contributed by atoms with van der Waals surface area (Å²) in [6.07, 6.45) is 2.81. The van der Waals surface area contributed by atoms with Crippen molar-refractivity contribution in [2.45, 2.75) is 6.61 Å². The molecule has 17 heavy (non-hydrogen) atoms. The number of nitrogens with zero attached hydrogens (tertiary/aromatic N) is 5. The van der Waals surface area contributed by atoms with Crippen LogP contribution in [0.2, 0.25) is 0 Å². The molecule has 0 aromatic carbocycles. The van der Waals surface area contributed by atoms with Crippen molar-refractivity contribution in [1.29, 1.82) is 0 Å². The third kappa shape index (κ3) is 2.98. The van der Waals surface area contributed by atoms with Crippen LogP contribution >= 0.6 is 0 Å². The molecule has 0 radical (unpaired) electrons. The monoisotopic (exact) mass is 235 g/mol. The zero-order valence-electron chi connectivity index (χ0n) is 9.06. The van der Waals surface area contributed by atoms with E-state index in [1.807, 2.05) is 0 Å². The molecule has 2 aromatic rings. The summed E-state index contributed by atoms with van der Waals surface area (Å²) in [5.41, 5.74) is 0.259. The SMILES string of the molecule is Cn1nnc(COc2cncc(B(O)O)c2)n1. The van der Waals surface area contributed by atoms with Gasteiger partial charge in [0.2, 0.25) is 5.82 Å². The first kappa shape index (κ1) is 11.5. The minimum Gasteiger partial charge on any atom is -0.484 e. The predicted molar refractivity (Wildman–Crippen MR) is 57.2 cm³/mol. The summed E-state index contributed by atoms with van der Waals surface area (Å²) < 4.78 is 5.33. The van der Waals surface area contributed by atoms with E-state index in [-0.39, 0.29) is 12.1 Å². The number of rotatable bonds is 4. The summed E-state index contributed by atoms with van der Waals surface area (Å²) in [5.74, 6) is 0.838. The van der Waals surface area contributed by atoms with Crippen molar-refractivity contribution in [2.24, 2.45) is 7.05 Å². The Balaban J connectivity index is 2.01. The van der Waals surface area contributed by atoms with Crippen LogP contribution < -0.4 is 10.2 Å². The topological polar surface area (TPSA) is 106 Å². The molecule has 2 rings (SSSR count). The number of aromatic nitrogens is 5. The summed E-state index contributed by atoms with van der Waals surface area (Å²) in [4.78, 5) is 5.14. The standard InChI is InChI=1S/C8H10BN5O3/c1-14-12-8(11-13-14)5-17-7-2-6(9(15)16)3-10-4-7/h2-4,15-16H,5H2,1H3. The fourth-order valence-corrected chi connectivity index (χ4v) is 1.18. The third-order valence-corrected chi connectivity index (χ3v) is 1.95. The first-order valence-corrected chi connectivity index (χ1v) is 4.82. The zero-order chi connectivity index (χ0) is 12.3. The van der Waals surface area contributed by atoms with Gasteiger partial charge in [-0.3, -0.25) is 4.98 Å². The average Bonchev–Trinajstić information content (AvgIpc) is 2.73. The normalized spacial score (nSPS) is 10.3. The summed E-state index contributed by atoms with van der Waals surface area (Å²) in [5, 5.41) is 29.3. The van der Waals surface area contributed by atoms with Crippen LogP contribution in [0.15, 0.2) is 18.5 Å². The molecule has 2 heterocycles. The van der Waals surface area contributed by atoms with Crippen LogP contribution in [0.25, 0.3) is 0 Å². The lowest BCUT2D eigenvalue weighted by Crippen LogP contribution is -2.30. The Bertz CT molecular complexity index is 503. The van der Waals surface area contributed by atoms with Gasteiger partial charge in [0.15, 0.2) is 6.61 Å². The first-order chi connectivity index (χ1) is 8.15. The molecule has 0 fully saturated rings. The fourth-order valence-electron chi connectivity index (χ4n) is 1.18. The lowest BCUT2D eigenvalue weighted by atomic mass is 9.82. The van der Waals surface area contributed by atoms with Gasteiger partial charge in [-0.15, -0.1) is 10.2 Å². The number of aryl methyl sites for hydroxylation is 1. The summed E-state index contributed by atoms with van der Waals surface area (Å²) >= 11 is 0. The minimum atomic E-state index is -1.57. The Kier molecular flexibility index (Phi) is 3.31. The van der Waals surface area contributed by atoms with Gasteiger partial charge in [-0.2, -0.15) is 4.80 Å². The summed E-state index contributed by atoms with van der Waals surface area (Å²) in [6, 6.07) is 1.48. The average molecular weight is 235 g/mol. The maximum Gasteiger partial charge on any atom is 0.490 e. The van der Waals surface area contributed by atoms with Crippen LogP contribution in [0, 0.1) is 0 Å². The second kappa shape index (κ2) is 4.89. The van der Waals surface area contributed by atoms with Crippen molar-refractivity contribution in [3.63, 3.8) is 0 Å². The highest BCUT2D eigenvalue weighted by Gasteiger charge is 2.12. The molecule has 0 aliphatic heterocycles. The largest absolute Gasteiger partial charge is 0.490 e. The van der Waals surface area contributed by atoms with Gasteiger partial charge in [-0.25, -0.2) is 0 Å². The van der Waals surface area contributed by atoms with E-state index in [2.05, 4.69) is 20.4 Å². The van der Waals surface area contributed by atoms with Crippen LogP contribution in [0.4, 0.5) is 0 Å². The van der Waals surface area contributed by atoms with Crippen molar-refractivity contribution in [3.05, 3.63) is 24.3 Å². The number of tetrazole rings is 1. The number of hydrogen-bond acceptors (Lipinski definition) is 7. The molecule has 9 heteroatoms. The quantitative estimate of drug-likeness (QED) is 0.582. The number of ether oxygens (including phenoxy) is 1. The van der Waals surface area contributed by atoms with Crippen LogP contribution in [0.3, 0.4) is 0 Å². The van der Waals surface area contributed by atoms with Crippen LogP contribution in [0.5, 0.6) is 5.75 Å². The molecule has 88 valence electrons. The van der Waals surface area contributed by atoms with Crippen molar-refractivity contribution in [2.75, 3.05) is 0 Å². The highest BCUT2D eigenvalue weighted by molar-refractivity contribution is 6.58. The highest BCUT2D eigenvalue weighted by Crippen LogP contribution is 2.07. The van der Waals surface area contributed by atoms with Crippen molar-refractivity contribution in [3.8, 4) is 5.75 Å². The van der Waals surface area contributed by atoms with Crippen LogP contribution in [-0.2, 0) is 13.7 Å². The maximum atomic E-state index is 8.96. The molecule has 0 amide bonds. The molecule has 0 saturated heterocycles. The highest BCUT2D eigenvalue weighted by atomic mass is 16.5. The van der Waals surface area contributed by atoms with Gasteiger partial charge >= 0.3 is 7.12 Å². The number of hydrogen-bond donors (Lipinski definition) is 2. The van der Waals surface area contributed by atoms with Gasteiger partial charge in [0, 0.05) is 11.7 Å². The van der Waals surface area contributed by atoms with Crippen molar-refractivity contribution >= 4 is 12.6 Å². The molecule has 0 saturated carbocycles. The van der Waals surface area contributed by atoms with Crippen molar-refractivity contribution < 1.29 is 14.8 Å². The van der Waals surface area contributed by atoms with Crippen LogP contribution in [0.1, 0.15) is 5.82 Å². The van der Waals surface area contributed by atoms with Gasteiger partial charge in [0.1, 0.15) is 5.75 Å². The number of pyridine rings is 1. The summed E-state index contributed by atoms with van der Waals surface area (Å²) in [7, 11) is 0.0848. The molecular weight excluding hydrogens is 225 g/mol. The Labute approximate surface area is 97.0 Å². The van der Waals surface area contributed by atoms with E-state index in [9.17, 15) is 0 Å². The maximum absolute atomic E-state index is 8.96. The van der Waals surface area contributed by atoms with E-state index < -0.39 is 7.12 Å². The third-order valence-electron chi connectivity index (χ3n) is 1.95. The van der Waals surface area contributed by atoms with Crippen molar-refractivity contribution in [1.82, 2.24) is 25.2 Å².